The van der Waals surface area contributed by atoms with Gasteiger partial charge in [0.25, 0.3) is 0 Å². The first-order valence-corrected chi connectivity index (χ1v) is 6.91. The van der Waals surface area contributed by atoms with E-state index in [1.807, 2.05) is 25.4 Å². The highest BCUT2D eigenvalue weighted by Crippen LogP contribution is 2.33. The predicted octanol–water partition coefficient (Wildman–Crippen LogP) is 1.83. The van der Waals surface area contributed by atoms with Gasteiger partial charge in [-0.05, 0) is 35.1 Å². The van der Waals surface area contributed by atoms with Crippen molar-refractivity contribution in [2.75, 3.05) is 21.3 Å². The van der Waals surface area contributed by atoms with Crippen LogP contribution in [0, 0.1) is 0 Å². The molecule has 0 aliphatic carbocycles. The minimum Gasteiger partial charge on any atom is -0.496 e. The molecule has 108 valence electrons. The van der Waals surface area contributed by atoms with Crippen molar-refractivity contribution in [3.8, 4) is 11.5 Å². The molecule has 0 radical (unpaired) electrons. The molecule has 0 saturated heterocycles. The van der Waals surface area contributed by atoms with Crippen LogP contribution in [-0.4, -0.2) is 36.3 Å². The smallest absolute Gasteiger partial charge is 0.133 e. The van der Waals surface area contributed by atoms with Crippen LogP contribution in [0.4, 0.5) is 0 Å². The highest BCUT2D eigenvalue weighted by molar-refractivity contribution is 9.10. The van der Waals surface area contributed by atoms with E-state index in [-0.39, 0.29) is 0 Å². The number of methoxy groups -OCH3 is 2. The van der Waals surface area contributed by atoms with Crippen molar-refractivity contribution in [2.24, 2.45) is 0 Å². The molecule has 20 heavy (non-hydrogen) atoms. The molecule has 6 nitrogen and oxygen atoms in total. The molecule has 0 aliphatic rings. The second-order valence-electron chi connectivity index (χ2n) is 4.24. The lowest BCUT2D eigenvalue weighted by molar-refractivity contribution is 0.394. The van der Waals surface area contributed by atoms with Crippen molar-refractivity contribution in [1.29, 1.82) is 0 Å². The number of ether oxygens (including phenoxy) is 2. The predicted molar refractivity (Wildman–Crippen MR) is 79.1 cm³/mol. The van der Waals surface area contributed by atoms with Crippen LogP contribution >= 0.6 is 15.9 Å². The van der Waals surface area contributed by atoms with Crippen LogP contribution < -0.4 is 14.8 Å². The molecular weight excluding hydrogens is 324 g/mol. The van der Waals surface area contributed by atoms with Crippen LogP contribution in [-0.2, 0) is 13.1 Å². The van der Waals surface area contributed by atoms with Crippen LogP contribution in [0.1, 0.15) is 11.3 Å². The maximum Gasteiger partial charge on any atom is 0.133 e. The van der Waals surface area contributed by atoms with Gasteiger partial charge in [0.05, 0.1) is 37.1 Å². The summed E-state index contributed by atoms with van der Waals surface area (Å²) < 4.78 is 13.3. The molecule has 1 aromatic carbocycles. The molecule has 0 saturated carbocycles. The first-order chi connectivity index (χ1) is 9.67. The zero-order valence-electron chi connectivity index (χ0n) is 11.7. The van der Waals surface area contributed by atoms with Gasteiger partial charge in [-0.3, -0.25) is 0 Å². The van der Waals surface area contributed by atoms with Crippen molar-refractivity contribution in [3.63, 3.8) is 0 Å². The first-order valence-electron chi connectivity index (χ1n) is 6.12. The fourth-order valence-corrected chi connectivity index (χ4v) is 2.38. The van der Waals surface area contributed by atoms with Crippen molar-refractivity contribution < 1.29 is 9.47 Å². The number of nitrogens with zero attached hydrogens (tertiary/aromatic N) is 3. The lowest BCUT2D eigenvalue weighted by Gasteiger charge is -2.12. The summed E-state index contributed by atoms with van der Waals surface area (Å²) in [6, 6.07) is 3.82. The van der Waals surface area contributed by atoms with Crippen LogP contribution in [0.5, 0.6) is 11.5 Å². The maximum atomic E-state index is 5.39. The average molecular weight is 341 g/mol. The van der Waals surface area contributed by atoms with Crippen molar-refractivity contribution in [1.82, 2.24) is 20.3 Å². The Morgan fingerprint density at radius 1 is 1.25 bits per heavy atom. The van der Waals surface area contributed by atoms with Crippen molar-refractivity contribution in [3.05, 3.63) is 34.1 Å². The van der Waals surface area contributed by atoms with Crippen LogP contribution in [0.2, 0.25) is 0 Å². The Hall–Kier alpha value is -1.60. The van der Waals surface area contributed by atoms with Gasteiger partial charge in [0.15, 0.2) is 0 Å². The number of nitrogens with one attached hydrogen (secondary N) is 1. The molecule has 0 amide bonds. The Bertz CT molecular complexity index is 586. The summed E-state index contributed by atoms with van der Waals surface area (Å²) in [5.74, 6) is 1.54. The molecule has 0 spiro atoms. The van der Waals surface area contributed by atoms with E-state index in [9.17, 15) is 0 Å². The van der Waals surface area contributed by atoms with E-state index in [1.54, 1.807) is 18.9 Å². The fourth-order valence-electron chi connectivity index (χ4n) is 1.90. The normalized spacial score (nSPS) is 10.6. The Morgan fingerprint density at radius 3 is 2.65 bits per heavy atom. The molecule has 0 fully saturated rings. The SMILES string of the molecule is CNCc1cn(Cc2cc(OC)c(Br)cc2OC)nn1. The van der Waals surface area contributed by atoms with Gasteiger partial charge in [-0.15, -0.1) is 5.10 Å². The number of hydrogen-bond acceptors (Lipinski definition) is 5. The van der Waals surface area contributed by atoms with Gasteiger partial charge < -0.3 is 14.8 Å². The number of aromatic nitrogens is 3. The molecule has 0 atom stereocenters. The van der Waals surface area contributed by atoms with E-state index in [1.165, 1.54) is 0 Å². The van der Waals surface area contributed by atoms with Crippen molar-refractivity contribution >= 4 is 15.9 Å². The molecule has 7 heteroatoms. The Kier molecular flexibility index (Phi) is 4.97. The number of halogens is 1. The van der Waals surface area contributed by atoms with Gasteiger partial charge in [0.2, 0.25) is 0 Å². The fraction of sp³-hybridized carbons (Fsp3) is 0.385. The molecule has 1 heterocycles. The third kappa shape index (κ3) is 3.29. The van der Waals surface area contributed by atoms with E-state index >= 15 is 0 Å². The minimum absolute atomic E-state index is 0.573. The van der Waals surface area contributed by atoms with Gasteiger partial charge in [-0.25, -0.2) is 4.68 Å². The van der Waals surface area contributed by atoms with E-state index in [4.69, 9.17) is 9.47 Å². The zero-order chi connectivity index (χ0) is 14.5. The molecule has 1 N–H and O–H groups in total. The Labute approximate surface area is 126 Å². The summed E-state index contributed by atoms with van der Waals surface area (Å²) in [6.07, 6.45) is 1.91. The van der Waals surface area contributed by atoms with Crippen LogP contribution in [0.15, 0.2) is 22.8 Å². The van der Waals surface area contributed by atoms with Gasteiger partial charge >= 0.3 is 0 Å². The summed E-state index contributed by atoms with van der Waals surface area (Å²) in [5, 5.41) is 11.2. The second kappa shape index (κ2) is 6.71. The molecule has 0 aliphatic heterocycles. The third-order valence-electron chi connectivity index (χ3n) is 2.83. The molecular formula is C13H17BrN4O2. The highest BCUT2D eigenvalue weighted by Gasteiger charge is 2.11. The van der Waals surface area contributed by atoms with E-state index in [0.717, 1.165) is 27.2 Å². The second-order valence-corrected chi connectivity index (χ2v) is 5.09. The van der Waals surface area contributed by atoms with Gasteiger partial charge in [-0.1, -0.05) is 5.21 Å². The summed E-state index contributed by atoms with van der Waals surface area (Å²) in [6.45, 7) is 1.27. The van der Waals surface area contributed by atoms with Gasteiger partial charge in [0.1, 0.15) is 11.5 Å². The third-order valence-corrected chi connectivity index (χ3v) is 3.45. The quantitative estimate of drug-likeness (QED) is 0.869. The van der Waals surface area contributed by atoms with E-state index < -0.39 is 0 Å². The lowest BCUT2D eigenvalue weighted by atomic mass is 10.2. The number of benzene rings is 1. The maximum absolute atomic E-state index is 5.39. The van der Waals surface area contributed by atoms with Gasteiger partial charge in [0, 0.05) is 12.1 Å². The standard InChI is InChI=1S/C13H17BrN4O2/c1-15-6-10-8-18(17-16-10)7-9-4-13(20-3)11(14)5-12(9)19-2/h4-5,8,15H,6-7H2,1-3H3. The number of rotatable bonds is 6. The Morgan fingerprint density at radius 2 is 2.00 bits per heavy atom. The first kappa shape index (κ1) is 14.8. The molecule has 2 rings (SSSR count). The summed E-state index contributed by atoms with van der Waals surface area (Å²) in [4.78, 5) is 0. The van der Waals surface area contributed by atoms with E-state index in [0.29, 0.717) is 13.1 Å². The topological polar surface area (TPSA) is 61.2 Å². The number of hydrogen-bond donors (Lipinski definition) is 1. The monoisotopic (exact) mass is 340 g/mol. The van der Waals surface area contributed by atoms with Crippen molar-refractivity contribution in [2.45, 2.75) is 13.1 Å². The lowest BCUT2D eigenvalue weighted by Crippen LogP contribution is -2.05. The highest BCUT2D eigenvalue weighted by atomic mass is 79.9. The summed E-state index contributed by atoms with van der Waals surface area (Å²) in [5.41, 5.74) is 1.88. The molecule has 0 unspecified atom stereocenters. The summed E-state index contributed by atoms with van der Waals surface area (Å²) in [7, 11) is 5.16. The van der Waals surface area contributed by atoms with Crippen LogP contribution in [0.3, 0.4) is 0 Å². The molecule has 1 aromatic heterocycles. The molecule has 0 bridgehead atoms. The average Bonchev–Trinajstić information content (AvgIpc) is 2.88. The summed E-state index contributed by atoms with van der Waals surface area (Å²) >= 11 is 3.44. The van der Waals surface area contributed by atoms with E-state index in [2.05, 4.69) is 31.6 Å². The van der Waals surface area contributed by atoms with Crippen LogP contribution in [0.25, 0.3) is 0 Å². The minimum atomic E-state index is 0.573. The zero-order valence-corrected chi connectivity index (χ0v) is 13.3. The molecule has 2 aromatic rings. The largest absolute Gasteiger partial charge is 0.496 e. The Balaban J connectivity index is 2.26. The van der Waals surface area contributed by atoms with Gasteiger partial charge in [-0.2, -0.15) is 0 Å².